The fourth-order valence-corrected chi connectivity index (χ4v) is 4.97. The molecule has 170 valence electrons. The lowest BCUT2D eigenvalue weighted by molar-refractivity contribution is 0.488. The molecule has 0 unspecified atom stereocenters. The fourth-order valence-electron chi connectivity index (χ4n) is 4.97. The molecule has 8 aromatic carbocycles. The van der Waals surface area contributed by atoms with Crippen LogP contribution in [0.25, 0.3) is 76.1 Å². The zero-order chi connectivity index (χ0) is 41.5. The summed E-state index contributed by atoms with van der Waals surface area (Å²) in [7, 11) is 0. The van der Waals surface area contributed by atoms with Gasteiger partial charge in [-0.15, -0.1) is 0 Å². The van der Waals surface area contributed by atoms with E-state index in [-0.39, 0.29) is 54.0 Å². The van der Waals surface area contributed by atoms with Gasteiger partial charge in [0, 0.05) is 10.9 Å². The van der Waals surface area contributed by atoms with Crippen molar-refractivity contribution in [1.29, 1.82) is 0 Å². The highest BCUT2D eigenvalue weighted by Gasteiger charge is 2.22. The summed E-state index contributed by atoms with van der Waals surface area (Å²) in [5.41, 5.74) is -1.86. The summed E-state index contributed by atoms with van der Waals surface area (Å²) in [5.74, 6) is -1.08. The van der Waals surface area contributed by atoms with Gasteiger partial charge in [-0.2, -0.15) is 0 Å². The van der Waals surface area contributed by atoms with E-state index in [9.17, 15) is 5.48 Å². The molecule has 0 amide bonds. The van der Waals surface area contributed by atoms with E-state index in [0.717, 1.165) is 0 Å². The predicted octanol–water partition coefficient (Wildman–Crippen LogP) is 10.3. The van der Waals surface area contributed by atoms with E-state index in [1.54, 1.807) is 0 Å². The Bertz CT molecular complexity index is 3290. The molecule has 0 spiro atoms. The zero-order valence-corrected chi connectivity index (χ0v) is 18.4. The van der Waals surface area contributed by atoms with Crippen molar-refractivity contribution in [2.75, 3.05) is 0 Å². The third-order valence-electron chi connectivity index (χ3n) is 6.57. The molecule has 0 N–H and O–H groups in total. The summed E-state index contributed by atoms with van der Waals surface area (Å²) >= 11 is 0. The third kappa shape index (κ3) is 2.53. The van der Waals surface area contributed by atoms with Crippen LogP contribution < -0.4 is 4.74 Å². The van der Waals surface area contributed by atoms with Gasteiger partial charge in [-0.05, 0) is 83.3 Å². The average molecular weight is 489 g/mol. The maximum Gasteiger partial charge on any atom is 0.136 e. The lowest BCUT2D eigenvalue weighted by Gasteiger charge is -2.23. The lowest BCUT2D eigenvalue weighted by Crippen LogP contribution is -1.98. The van der Waals surface area contributed by atoms with Crippen molar-refractivity contribution in [3.63, 3.8) is 0 Å². The number of hydrogen-bond donors (Lipinski definition) is 0. The molecule has 0 atom stereocenters. The first-order valence-corrected chi connectivity index (χ1v) is 11.2. The molecule has 0 aliphatic carbocycles. The van der Waals surface area contributed by atoms with Crippen LogP contribution in [0.2, 0.25) is 0 Å². The van der Waals surface area contributed by atoms with Crippen molar-refractivity contribution in [3.05, 3.63) is 121 Å². The molecule has 0 fully saturated rings. The standard InChI is InChI=1S/C36H20O/c1-2-8-26-24(5-1)20-33-36-29(26)9-4-10-30(36)28-17-15-25(19-32(28)37-33)27-16-13-23-12-11-21-6-3-7-22-14-18-31(27)35(23)34(21)22/h1-20H/i1D,2D,3D,4D,5D,6D,7D,8D,9D,10D,11D,12D,13D,14D,15D,16D,17D,18D,19D,20D. The minimum atomic E-state index is -0.814. The molecular formula is C36H20O. The molecule has 9 rings (SSSR count). The number of hydrogen-bond acceptors (Lipinski definition) is 1. The molecule has 0 aromatic heterocycles. The van der Waals surface area contributed by atoms with Crippen LogP contribution in [0.5, 0.6) is 11.5 Å². The van der Waals surface area contributed by atoms with Gasteiger partial charge in [-0.3, -0.25) is 0 Å². The topological polar surface area (TPSA) is 9.23 Å². The molecule has 0 saturated heterocycles. The quantitative estimate of drug-likeness (QED) is 0.209. The molecular weight excluding hydrogens is 448 g/mol. The molecule has 1 heteroatoms. The van der Waals surface area contributed by atoms with E-state index in [1.807, 2.05) is 0 Å². The van der Waals surface area contributed by atoms with Crippen molar-refractivity contribution in [1.82, 2.24) is 0 Å². The average Bonchev–Trinajstić information content (AvgIpc) is 3.17. The summed E-state index contributed by atoms with van der Waals surface area (Å²) in [5, 5.41) is -2.98. The van der Waals surface area contributed by atoms with Crippen LogP contribution in [0, 0.1) is 0 Å². The smallest absolute Gasteiger partial charge is 0.136 e. The summed E-state index contributed by atoms with van der Waals surface area (Å²) in [6.07, 6.45) is 0. The predicted molar refractivity (Wildman–Crippen MR) is 156 cm³/mol. The summed E-state index contributed by atoms with van der Waals surface area (Å²) in [6, 6.07) is -13.8. The number of ether oxygens (including phenoxy) is 1. The molecule has 1 aliphatic rings. The van der Waals surface area contributed by atoms with Crippen LogP contribution >= 0.6 is 0 Å². The fraction of sp³-hybridized carbons (Fsp3) is 0. The summed E-state index contributed by atoms with van der Waals surface area (Å²) in [4.78, 5) is 0. The molecule has 1 nitrogen and oxygen atoms in total. The maximum atomic E-state index is 9.51. The number of benzene rings is 8. The molecule has 37 heavy (non-hydrogen) atoms. The second kappa shape index (κ2) is 6.87. The van der Waals surface area contributed by atoms with Gasteiger partial charge < -0.3 is 4.74 Å². The lowest BCUT2D eigenvalue weighted by atomic mass is 9.88. The van der Waals surface area contributed by atoms with Crippen LogP contribution in [-0.4, -0.2) is 0 Å². The Hall–Kier alpha value is -4.88. The van der Waals surface area contributed by atoms with Gasteiger partial charge >= 0.3 is 0 Å². The van der Waals surface area contributed by atoms with Crippen molar-refractivity contribution >= 4 is 53.9 Å². The highest BCUT2D eigenvalue weighted by molar-refractivity contribution is 6.25. The second-order valence-electron chi connectivity index (χ2n) is 8.51. The monoisotopic (exact) mass is 488 g/mol. The minimum absolute atomic E-state index is 0.176. The molecule has 0 saturated carbocycles. The number of rotatable bonds is 1. The van der Waals surface area contributed by atoms with Crippen molar-refractivity contribution < 1.29 is 32.2 Å². The van der Waals surface area contributed by atoms with E-state index in [2.05, 4.69) is 0 Å². The minimum Gasteiger partial charge on any atom is -0.456 e. The van der Waals surface area contributed by atoms with E-state index in [1.165, 1.54) is 0 Å². The maximum absolute atomic E-state index is 9.51. The zero-order valence-electron chi connectivity index (χ0n) is 38.4. The molecule has 0 radical (unpaired) electrons. The highest BCUT2D eigenvalue weighted by atomic mass is 16.5. The van der Waals surface area contributed by atoms with Crippen LogP contribution in [0.15, 0.2) is 121 Å². The molecule has 1 aliphatic heterocycles. The Morgan fingerprint density at radius 1 is 0.405 bits per heavy atom. The summed E-state index contributed by atoms with van der Waals surface area (Å²) < 4.78 is 183. The Morgan fingerprint density at radius 3 is 2.03 bits per heavy atom. The van der Waals surface area contributed by atoms with Gasteiger partial charge in [-0.25, -0.2) is 0 Å². The first kappa shape index (κ1) is 8.61. The van der Waals surface area contributed by atoms with Gasteiger partial charge in [0.05, 0.1) is 27.4 Å². The Labute approximate surface area is 241 Å². The van der Waals surface area contributed by atoms with Crippen LogP contribution in [-0.2, 0) is 0 Å². The Morgan fingerprint density at radius 2 is 1.11 bits per heavy atom. The van der Waals surface area contributed by atoms with Gasteiger partial charge in [-0.1, -0.05) is 103 Å². The molecule has 0 bridgehead atoms. The first-order valence-electron chi connectivity index (χ1n) is 21.2. The van der Waals surface area contributed by atoms with Gasteiger partial charge in [0.2, 0.25) is 0 Å². The van der Waals surface area contributed by atoms with E-state index in [0.29, 0.717) is 0 Å². The van der Waals surface area contributed by atoms with Crippen LogP contribution in [0.4, 0.5) is 0 Å². The summed E-state index contributed by atoms with van der Waals surface area (Å²) in [6.45, 7) is 0. The second-order valence-corrected chi connectivity index (χ2v) is 8.51. The van der Waals surface area contributed by atoms with Crippen LogP contribution in [0.1, 0.15) is 27.4 Å². The third-order valence-corrected chi connectivity index (χ3v) is 6.57. The molecule has 1 heterocycles. The Balaban J connectivity index is 1.51. The van der Waals surface area contributed by atoms with Gasteiger partial charge in [0.1, 0.15) is 11.5 Å². The Kier molecular flexibility index (Phi) is 1.60. The first-order chi connectivity index (χ1) is 26.7. The SMILES string of the molecule is [2H]c1c([2H])c2c(c([2H])c1-c1c([2H])c([2H])c3c([2H])c([2H])c4c([2H])c([2H])c([2H])c5c([2H])c([2H])c1c3c45)Oc1c([2H])c3c([2H])c([2H])c([2H])c([2H])c3c3c([2H])c([2H])c([2H])c-2c13. The normalized spacial score (nSPS) is 20.1. The van der Waals surface area contributed by atoms with Crippen LogP contribution in [0.3, 0.4) is 0 Å². The van der Waals surface area contributed by atoms with Crippen molar-refractivity contribution in [2.24, 2.45) is 0 Å². The van der Waals surface area contributed by atoms with E-state index >= 15 is 0 Å². The highest BCUT2D eigenvalue weighted by Crippen LogP contribution is 2.50. The van der Waals surface area contributed by atoms with E-state index in [4.69, 9.17) is 26.7 Å². The van der Waals surface area contributed by atoms with Gasteiger partial charge in [0.15, 0.2) is 0 Å². The largest absolute Gasteiger partial charge is 0.456 e. The van der Waals surface area contributed by atoms with Crippen molar-refractivity contribution in [3.8, 4) is 33.8 Å². The number of fused-ring (bicyclic) bond motifs is 4. The molecule has 8 aromatic rings. The van der Waals surface area contributed by atoms with Gasteiger partial charge in [0.25, 0.3) is 0 Å². The van der Waals surface area contributed by atoms with E-state index < -0.39 is 154 Å². The van der Waals surface area contributed by atoms with Crippen molar-refractivity contribution in [2.45, 2.75) is 0 Å².